The highest BCUT2D eigenvalue weighted by Crippen LogP contribution is 2.22. The molecule has 1 rings (SSSR count). The summed E-state index contributed by atoms with van der Waals surface area (Å²) < 4.78 is 15.6. The molecule has 4 heteroatoms. The Hall–Kier alpha value is -0.190. The van der Waals surface area contributed by atoms with E-state index < -0.39 is 12.1 Å². The summed E-state index contributed by atoms with van der Waals surface area (Å²) >= 11 is 0. The normalized spacial score (nSPS) is 37.3. The zero-order valence-corrected chi connectivity index (χ0v) is 3.47. The Kier molecular flexibility index (Phi) is 0.815. The minimum absolute atomic E-state index is 0.215. The lowest BCUT2D eigenvalue weighted by Gasteiger charge is -2.33. The molecular weight excluding hydrogens is 103 g/mol. The van der Waals surface area contributed by atoms with Crippen LogP contribution in [0.5, 0.6) is 0 Å². The van der Waals surface area contributed by atoms with Crippen molar-refractivity contribution in [2.75, 3.05) is 6.61 Å². The summed E-state index contributed by atoms with van der Waals surface area (Å²) in [5, 5.41) is 16.3. The summed E-state index contributed by atoms with van der Waals surface area (Å²) in [6.45, 7) is -0.215. The largest absolute Gasteiger partial charge is 0.341 e. The van der Waals surface area contributed by atoms with Gasteiger partial charge in [0.05, 0.1) is 6.61 Å². The lowest BCUT2D eigenvalue weighted by molar-refractivity contribution is -0.433. The van der Waals surface area contributed by atoms with Gasteiger partial charge in [0.25, 0.3) is 0 Å². The van der Waals surface area contributed by atoms with Crippen molar-refractivity contribution < 1.29 is 19.3 Å². The van der Waals surface area contributed by atoms with Gasteiger partial charge in [-0.15, -0.1) is 0 Å². The summed E-state index contributed by atoms with van der Waals surface area (Å²) in [4.78, 5) is 0. The maximum Gasteiger partial charge on any atom is 0.313 e. The molecule has 0 radical (unpaired) electrons. The van der Waals surface area contributed by atoms with Gasteiger partial charge in [-0.3, -0.25) is 0 Å². The molecular formula is C3H5FO3. The van der Waals surface area contributed by atoms with Crippen LogP contribution in [0, 0.1) is 0 Å². The van der Waals surface area contributed by atoms with E-state index in [9.17, 15) is 4.39 Å². The lowest BCUT2D eigenvalue weighted by atomic mass is 10.3. The van der Waals surface area contributed by atoms with E-state index in [-0.39, 0.29) is 6.61 Å². The predicted molar refractivity (Wildman–Crippen MR) is 18.0 cm³/mol. The molecule has 1 unspecified atom stereocenters. The Morgan fingerprint density at radius 3 is 2.14 bits per heavy atom. The van der Waals surface area contributed by atoms with Gasteiger partial charge in [-0.1, -0.05) is 0 Å². The van der Waals surface area contributed by atoms with Crippen LogP contribution in [-0.4, -0.2) is 29.0 Å². The van der Waals surface area contributed by atoms with Gasteiger partial charge in [-0.2, -0.15) is 0 Å². The summed E-state index contributed by atoms with van der Waals surface area (Å²) in [6, 6.07) is 0. The van der Waals surface area contributed by atoms with Gasteiger partial charge in [0.15, 0.2) is 0 Å². The van der Waals surface area contributed by atoms with Crippen LogP contribution in [0.4, 0.5) is 4.39 Å². The monoisotopic (exact) mass is 108 g/mol. The average molecular weight is 108 g/mol. The van der Waals surface area contributed by atoms with Crippen molar-refractivity contribution in [2.45, 2.75) is 12.1 Å². The fourth-order valence-corrected chi connectivity index (χ4v) is 0.295. The first kappa shape index (κ1) is 4.96. The van der Waals surface area contributed by atoms with Crippen molar-refractivity contribution in [2.24, 2.45) is 0 Å². The number of alkyl halides is 1. The number of halogens is 1. The van der Waals surface area contributed by atoms with Crippen LogP contribution in [0.15, 0.2) is 0 Å². The first-order valence-corrected chi connectivity index (χ1v) is 1.86. The highest BCUT2D eigenvalue weighted by atomic mass is 19.1. The minimum atomic E-state index is -2.49. The van der Waals surface area contributed by atoms with Crippen LogP contribution >= 0.6 is 0 Å². The fourth-order valence-electron chi connectivity index (χ4n) is 0.295. The van der Waals surface area contributed by atoms with Crippen LogP contribution in [0.2, 0.25) is 0 Å². The molecule has 3 nitrogen and oxygen atoms in total. The standard InChI is InChI=1S/C3H5FO3/c4-2-1-7-3(2,5)6/h2,5-6H,1H2. The molecule has 1 saturated heterocycles. The molecule has 0 bridgehead atoms. The van der Waals surface area contributed by atoms with Crippen LogP contribution in [0.25, 0.3) is 0 Å². The van der Waals surface area contributed by atoms with E-state index in [0.29, 0.717) is 0 Å². The molecule has 1 aliphatic heterocycles. The van der Waals surface area contributed by atoms with Gasteiger partial charge in [-0.25, -0.2) is 4.39 Å². The molecule has 0 spiro atoms. The molecule has 0 amide bonds. The number of ether oxygens (including phenoxy) is 1. The van der Waals surface area contributed by atoms with Crippen molar-refractivity contribution in [1.82, 2.24) is 0 Å². The summed E-state index contributed by atoms with van der Waals surface area (Å²) in [7, 11) is 0. The van der Waals surface area contributed by atoms with Crippen LogP contribution in [-0.2, 0) is 4.74 Å². The Morgan fingerprint density at radius 2 is 2.14 bits per heavy atom. The van der Waals surface area contributed by atoms with E-state index in [4.69, 9.17) is 10.2 Å². The third-order valence-corrected chi connectivity index (χ3v) is 0.850. The predicted octanol–water partition coefficient (Wildman–Crippen LogP) is -1.01. The van der Waals surface area contributed by atoms with Crippen molar-refractivity contribution >= 4 is 0 Å². The molecule has 7 heavy (non-hydrogen) atoms. The highest BCUT2D eigenvalue weighted by molar-refractivity contribution is 4.74. The third kappa shape index (κ3) is 0.605. The summed E-state index contributed by atoms with van der Waals surface area (Å²) in [5.41, 5.74) is 0. The number of rotatable bonds is 0. The van der Waals surface area contributed by atoms with E-state index in [1.54, 1.807) is 0 Å². The average Bonchev–Trinajstić information content (AvgIpc) is 1.63. The second-order valence-corrected chi connectivity index (χ2v) is 1.44. The maximum absolute atomic E-state index is 11.7. The number of aliphatic hydroxyl groups is 2. The summed E-state index contributed by atoms with van der Waals surface area (Å²) in [6.07, 6.45) is -1.63. The van der Waals surface area contributed by atoms with Crippen molar-refractivity contribution in [1.29, 1.82) is 0 Å². The Balaban J connectivity index is 2.43. The molecule has 1 atom stereocenters. The zero-order chi connectivity index (χ0) is 5.49. The molecule has 1 fully saturated rings. The second kappa shape index (κ2) is 1.15. The third-order valence-electron chi connectivity index (χ3n) is 0.850. The number of hydrogen-bond acceptors (Lipinski definition) is 3. The SMILES string of the molecule is OC1(O)OCC1F. The van der Waals surface area contributed by atoms with E-state index in [1.807, 2.05) is 0 Å². The van der Waals surface area contributed by atoms with Gasteiger partial charge in [0.2, 0.25) is 6.17 Å². The molecule has 0 aromatic carbocycles. The first-order valence-electron chi connectivity index (χ1n) is 1.86. The lowest BCUT2D eigenvalue weighted by Crippen LogP contribution is -2.55. The van der Waals surface area contributed by atoms with Crippen LogP contribution in [0.1, 0.15) is 0 Å². The van der Waals surface area contributed by atoms with Gasteiger partial charge >= 0.3 is 5.97 Å². The van der Waals surface area contributed by atoms with Crippen LogP contribution in [0.3, 0.4) is 0 Å². The van der Waals surface area contributed by atoms with Crippen molar-refractivity contribution in [3.8, 4) is 0 Å². The first-order chi connectivity index (χ1) is 3.13. The second-order valence-electron chi connectivity index (χ2n) is 1.44. The van der Waals surface area contributed by atoms with Gasteiger partial charge < -0.3 is 14.9 Å². The minimum Gasteiger partial charge on any atom is -0.341 e. The van der Waals surface area contributed by atoms with Gasteiger partial charge in [0.1, 0.15) is 0 Å². The molecule has 0 aromatic heterocycles. The fraction of sp³-hybridized carbons (Fsp3) is 1.00. The zero-order valence-electron chi connectivity index (χ0n) is 3.47. The summed E-state index contributed by atoms with van der Waals surface area (Å²) in [5.74, 6) is -2.49. The topological polar surface area (TPSA) is 49.7 Å². The molecule has 0 saturated carbocycles. The van der Waals surface area contributed by atoms with E-state index >= 15 is 0 Å². The van der Waals surface area contributed by atoms with E-state index in [0.717, 1.165) is 0 Å². The Bertz CT molecular complexity index is 82.2. The molecule has 1 aliphatic rings. The van der Waals surface area contributed by atoms with Crippen molar-refractivity contribution in [3.63, 3.8) is 0 Å². The molecule has 0 aliphatic carbocycles. The van der Waals surface area contributed by atoms with Crippen LogP contribution < -0.4 is 0 Å². The van der Waals surface area contributed by atoms with Gasteiger partial charge in [0, 0.05) is 0 Å². The Morgan fingerprint density at radius 1 is 1.71 bits per heavy atom. The molecule has 0 aromatic rings. The smallest absolute Gasteiger partial charge is 0.313 e. The number of hydrogen-bond donors (Lipinski definition) is 2. The Labute approximate surface area is 39.3 Å². The molecule has 2 N–H and O–H groups in total. The molecule has 1 heterocycles. The highest BCUT2D eigenvalue weighted by Gasteiger charge is 2.46. The van der Waals surface area contributed by atoms with E-state index in [2.05, 4.69) is 4.74 Å². The molecule has 42 valence electrons. The van der Waals surface area contributed by atoms with E-state index in [1.165, 1.54) is 0 Å². The van der Waals surface area contributed by atoms with Crippen molar-refractivity contribution in [3.05, 3.63) is 0 Å². The maximum atomic E-state index is 11.7. The van der Waals surface area contributed by atoms with Gasteiger partial charge in [-0.05, 0) is 0 Å². The quantitative estimate of drug-likeness (QED) is 0.391.